The van der Waals surface area contributed by atoms with Gasteiger partial charge in [-0.1, -0.05) is 36.4 Å². The van der Waals surface area contributed by atoms with Crippen molar-refractivity contribution >= 4 is 23.6 Å². The molecule has 3 atom stereocenters. The van der Waals surface area contributed by atoms with Gasteiger partial charge in [0.05, 0.1) is 19.8 Å². The predicted octanol–water partition coefficient (Wildman–Crippen LogP) is 4.19. The Kier molecular flexibility index (Phi) is 6.12. The maximum atomic E-state index is 13.5. The summed E-state index contributed by atoms with van der Waals surface area (Å²) >= 11 is 1.64. The van der Waals surface area contributed by atoms with Crippen molar-refractivity contribution in [3.8, 4) is 11.5 Å². The number of amides is 2. The first-order chi connectivity index (χ1) is 15.3. The lowest BCUT2D eigenvalue weighted by Gasteiger charge is -2.30. The van der Waals surface area contributed by atoms with Crippen molar-refractivity contribution in [2.24, 2.45) is 0 Å². The second-order valence-corrected chi connectivity index (χ2v) is 10.6. The first-order valence-corrected chi connectivity index (χ1v) is 11.8. The summed E-state index contributed by atoms with van der Waals surface area (Å²) in [4.78, 5) is 28.7. The molecule has 4 rings (SSSR count). The van der Waals surface area contributed by atoms with Crippen molar-refractivity contribution in [3.63, 3.8) is 0 Å². The third-order valence-corrected chi connectivity index (χ3v) is 7.78. The number of hydrogen-bond acceptors (Lipinski definition) is 5. The number of thioether (sulfide) groups is 1. The molecule has 0 radical (unpaired) electrons. The number of nitrogens with zero attached hydrogens (tertiary/aromatic N) is 1. The van der Waals surface area contributed by atoms with Crippen molar-refractivity contribution in [1.29, 1.82) is 0 Å². The van der Waals surface area contributed by atoms with E-state index in [0.29, 0.717) is 17.1 Å². The molecule has 2 heterocycles. The number of fused-ring (bicyclic) bond motifs is 3. The molecule has 2 aromatic carbocycles. The Hall–Kier alpha value is -2.67. The fraction of sp³-hybridized carbons (Fsp3) is 0.440. The highest BCUT2D eigenvalue weighted by Gasteiger charge is 2.58. The lowest BCUT2D eigenvalue weighted by atomic mass is 9.99. The van der Waals surface area contributed by atoms with Crippen LogP contribution in [0, 0.1) is 0 Å². The molecule has 1 fully saturated rings. The van der Waals surface area contributed by atoms with Crippen molar-refractivity contribution < 1.29 is 19.1 Å². The number of aryl methyl sites for hydroxylation is 1. The molecule has 0 bridgehead atoms. The highest BCUT2D eigenvalue weighted by molar-refractivity contribution is 8.01. The van der Waals surface area contributed by atoms with Crippen LogP contribution < -0.4 is 14.8 Å². The molecule has 32 heavy (non-hydrogen) atoms. The average Bonchev–Trinajstić information content (AvgIpc) is 3.21. The molecule has 7 heteroatoms. The summed E-state index contributed by atoms with van der Waals surface area (Å²) in [7, 11) is 3.08. The molecule has 1 N–H and O–H groups in total. The number of benzene rings is 2. The van der Waals surface area contributed by atoms with Gasteiger partial charge in [0, 0.05) is 16.4 Å². The van der Waals surface area contributed by atoms with Crippen LogP contribution in [0.3, 0.4) is 0 Å². The van der Waals surface area contributed by atoms with Gasteiger partial charge in [0.1, 0.15) is 11.4 Å². The van der Waals surface area contributed by atoms with Crippen LogP contribution in [0.4, 0.5) is 0 Å². The van der Waals surface area contributed by atoms with E-state index in [1.807, 2.05) is 51.1 Å². The number of ether oxygens (including phenoxy) is 2. The zero-order valence-electron chi connectivity index (χ0n) is 19.2. The summed E-state index contributed by atoms with van der Waals surface area (Å²) in [6, 6.07) is 13.4. The second kappa shape index (κ2) is 8.70. The number of carbonyl (C=O) groups excluding carboxylic acids is 2. The van der Waals surface area contributed by atoms with Crippen molar-refractivity contribution in [2.75, 3.05) is 14.2 Å². The fourth-order valence-corrected chi connectivity index (χ4v) is 6.26. The van der Waals surface area contributed by atoms with E-state index in [2.05, 4.69) is 17.4 Å². The highest BCUT2D eigenvalue weighted by Crippen LogP contribution is 2.58. The summed E-state index contributed by atoms with van der Waals surface area (Å²) in [6.45, 7) is 6.08. The number of hydrogen-bond donors (Lipinski definition) is 1. The largest absolute Gasteiger partial charge is 0.493 e. The molecule has 1 saturated heterocycles. The van der Waals surface area contributed by atoms with E-state index in [4.69, 9.17) is 9.47 Å². The third-order valence-electron chi connectivity index (χ3n) is 6.24. The average molecular weight is 455 g/mol. The Morgan fingerprint density at radius 3 is 2.53 bits per heavy atom. The van der Waals surface area contributed by atoms with E-state index in [0.717, 1.165) is 18.4 Å². The van der Waals surface area contributed by atoms with E-state index < -0.39 is 10.8 Å². The molecular weight excluding hydrogens is 424 g/mol. The molecule has 2 aliphatic rings. The molecule has 0 saturated carbocycles. The second-order valence-electron chi connectivity index (χ2n) is 8.89. The molecule has 2 aromatic rings. The number of rotatable bonds is 7. The quantitative estimate of drug-likeness (QED) is 0.680. The number of carbonyl (C=O) groups is 2. The van der Waals surface area contributed by atoms with Gasteiger partial charge < -0.3 is 19.7 Å². The van der Waals surface area contributed by atoms with Crippen molar-refractivity contribution in [1.82, 2.24) is 10.2 Å². The smallest absolute Gasteiger partial charge is 0.260 e. The predicted molar refractivity (Wildman–Crippen MR) is 126 cm³/mol. The Bertz CT molecular complexity index is 1020. The maximum absolute atomic E-state index is 13.5. The molecule has 0 spiro atoms. The van der Waals surface area contributed by atoms with E-state index in [1.165, 1.54) is 12.7 Å². The summed E-state index contributed by atoms with van der Waals surface area (Å²) in [6.07, 6.45) is 1.72. The summed E-state index contributed by atoms with van der Waals surface area (Å²) in [5, 5.41) is 2.94. The molecule has 0 aliphatic carbocycles. The van der Waals surface area contributed by atoms with Gasteiger partial charge in [0.15, 0.2) is 11.5 Å². The van der Waals surface area contributed by atoms with Gasteiger partial charge in [-0.15, -0.1) is 11.8 Å². The monoisotopic (exact) mass is 454 g/mol. The molecule has 2 aliphatic heterocycles. The van der Waals surface area contributed by atoms with E-state index in [-0.39, 0.29) is 23.2 Å². The summed E-state index contributed by atoms with van der Waals surface area (Å²) in [5.41, 5.74) is 2.62. The topological polar surface area (TPSA) is 67.9 Å². The Balaban J connectivity index is 1.54. The molecule has 6 nitrogen and oxygen atoms in total. The molecular formula is C25H30N2O4S. The van der Waals surface area contributed by atoms with Crippen LogP contribution in [0.2, 0.25) is 0 Å². The van der Waals surface area contributed by atoms with Gasteiger partial charge in [-0.25, -0.2) is 0 Å². The van der Waals surface area contributed by atoms with E-state index in [9.17, 15) is 9.59 Å². The zero-order valence-corrected chi connectivity index (χ0v) is 20.0. The highest BCUT2D eigenvalue weighted by atomic mass is 32.2. The lowest BCUT2D eigenvalue weighted by Crippen LogP contribution is -2.54. The van der Waals surface area contributed by atoms with Gasteiger partial charge in [0.2, 0.25) is 5.91 Å². The summed E-state index contributed by atoms with van der Waals surface area (Å²) < 4.78 is 10.5. The van der Waals surface area contributed by atoms with Crippen LogP contribution in [0.1, 0.15) is 54.1 Å². The Labute approximate surface area is 193 Å². The first kappa shape index (κ1) is 22.5. The zero-order chi connectivity index (χ0) is 23.0. The van der Waals surface area contributed by atoms with Gasteiger partial charge in [-0.2, -0.15) is 0 Å². The normalized spacial score (nSPS) is 21.7. The van der Waals surface area contributed by atoms with Crippen LogP contribution in [-0.2, 0) is 11.2 Å². The van der Waals surface area contributed by atoms with Crippen LogP contribution in [-0.4, -0.2) is 47.8 Å². The van der Waals surface area contributed by atoms with Crippen LogP contribution >= 0.6 is 11.8 Å². The van der Waals surface area contributed by atoms with E-state index in [1.54, 1.807) is 23.8 Å². The number of nitrogens with one attached hydrogen (secondary N) is 1. The standard InChI is InChI=1S/C25H30N2O4S/c1-15(11-12-16-9-7-6-8-10-16)26-22(28)21-25(2,3)32-24-17-13-14-18(30-4)20(31-5)19(17)23(29)27(21)24/h6-10,13-15,21,24H,11-12H2,1-5H3,(H,26,28)/t15-,21-,24-/m1/s1. The fourth-order valence-electron chi connectivity index (χ4n) is 4.68. The molecule has 0 aromatic heterocycles. The number of methoxy groups -OCH3 is 2. The molecule has 170 valence electrons. The summed E-state index contributed by atoms with van der Waals surface area (Å²) in [5.74, 6) is 0.646. The minimum atomic E-state index is -0.577. The van der Waals surface area contributed by atoms with Gasteiger partial charge >= 0.3 is 0 Å². The van der Waals surface area contributed by atoms with Gasteiger partial charge in [-0.3, -0.25) is 9.59 Å². The lowest BCUT2D eigenvalue weighted by molar-refractivity contribution is -0.126. The minimum Gasteiger partial charge on any atom is -0.493 e. The Morgan fingerprint density at radius 1 is 1.16 bits per heavy atom. The van der Waals surface area contributed by atoms with E-state index >= 15 is 0 Å². The van der Waals surface area contributed by atoms with Crippen molar-refractivity contribution in [3.05, 3.63) is 59.2 Å². The Morgan fingerprint density at radius 2 is 1.88 bits per heavy atom. The maximum Gasteiger partial charge on any atom is 0.260 e. The van der Waals surface area contributed by atoms with Crippen LogP contribution in [0.15, 0.2) is 42.5 Å². The van der Waals surface area contributed by atoms with Gasteiger partial charge in [0.25, 0.3) is 5.91 Å². The molecule has 2 amide bonds. The van der Waals surface area contributed by atoms with Gasteiger partial charge in [-0.05, 0) is 45.2 Å². The van der Waals surface area contributed by atoms with Crippen LogP contribution in [0.5, 0.6) is 11.5 Å². The van der Waals surface area contributed by atoms with Crippen molar-refractivity contribution in [2.45, 2.75) is 55.8 Å². The minimum absolute atomic E-state index is 0.00253. The first-order valence-electron chi connectivity index (χ1n) is 10.9. The SMILES string of the molecule is COc1ccc2c(c1OC)C(=O)N1[C@@H]2SC(C)(C)[C@H]1C(=O)N[C@H](C)CCc1ccccc1. The molecule has 0 unspecified atom stereocenters. The van der Waals surface area contributed by atoms with Crippen LogP contribution in [0.25, 0.3) is 0 Å². The third kappa shape index (κ3) is 3.83.